The first kappa shape index (κ1) is 19.3. The van der Waals surface area contributed by atoms with Crippen LogP contribution in [0.15, 0.2) is 42.0 Å². The average Bonchev–Trinajstić information content (AvgIpc) is 3.40. The standard InChI is InChI=1S/C20H20N4S2.C2H6/c1-20(2)14(5-8-23-20)18-10-13-15(6-7-21-19(13)26-18)24-12-3-4-17-16(9-12)22-11-25-17;1-2/h3-4,6-7,9-11,14,23H,5,8H2,1-2H3,(H,21,24);1-2H3. The van der Waals surface area contributed by atoms with Crippen molar-refractivity contribution in [3.05, 3.63) is 46.9 Å². The third-order valence-corrected chi connectivity index (χ3v) is 7.26. The number of pyridine rings is 1. The molecule has 1 aliphatic rings. The number of fused-ring (bicyclic) bond motifs is 2. The van der Waals surface area contributed by atoms with Gasteiger partial charge in [0.2, 0.25) is 0 Å². The Hall–Kier alpha value is -2.02. The van der Waals surface area contributed by atoms with Crippen LogP contribution in [-0.2, 0) is 0 Å². The zero-order valence-corrected chi connectivity index (χ0v) is 18.4. The van der Waals surface area contributed by atoms with Gasteiger partial charge in [-0.3, -0.25) is 0 Å². The summed E-state index contributed by atoms with van der Waals surface area (Å²) in [7, 11) is 0. The van der Waals surface area contributed by atoms with Gasteiger partial charge in [-0.25, -0.2) is 9.97 Å². The summed E-state index contributed by atoms with van der Waals surface area (Å²) >= 11 is 3.49. The molecule has 0 saturated carbocycles. The highest BCUT2D eigenvalue weighted by Gasteiger charge is 2.36. The van der Waals surface area contributed by atoms with Crippen molar-refractivity contribution in [1.29, 1.82) is 0 Å². The van der Waals surface area contributed by atoms with Crippen LogP contribution in [-0.4, -0.2) is 22.1 Å². The van der Waals surface area contributed by atoms with E-state index >= 15 is 0 Å². The molecule has 6 heteroatoms. The normalized spacial score (nSPS) is 18.2. The van der Waals surface area contributed by atoms with Crippen LogP contribution in [0.3, 0.4) is 0 Å². The molecule has 0 radical (unpaired) electrons. The number of thiophene rings is 1. The maximum atomic E-state index is 4.61. The molecule has 1 fully saturated rings. The van der Waals surface area contributed by atoms with E-state index in [9.17, 15) is 0 Å². The van der Waals surface area contributed by atoms with E-state index in [0.29, 0.717) is 5.92 Å². The maximum Gasteiger partial charge on any atom is 0.125 e. The minimum atomic E-state index is 0.143. The molecule has 4 nitrogen and oxygen atoms in total. The first-order valence-electron chi connectivity index (χ1n) is 9.84. The van der Waals surface area contributed by atoms with Crippen molar-refractivity contribution in [2.75, 3.05) is 11.9 Å². The average molecular weight is 411 g/mol. The topological polar surface area (TPSA) is 49.8 Å². The van der Waals surface area contributed by atoms with Crippen LogP contribution in [0.4, 0.5) is 11.4 Å². The number of thiazole rings is 1. The fourth-order valence-corrected chi connectivity index (χ4v) is 5.86. The minimum absolute atomic E-state index is 0.143. The lowest BCUT2D eigenvalue weighted by Gasteiger charge is -2.26. The fourth-order valence-electron chi connectivity index (χ4n) is 3.85. The zero-order chi connectivity index (χ0) is 19.7. The van der Waals surface area contributed by atoms with Gasteiger partial charge in [0.05, 0.1) is 21.4 Å². The Morgan fingerprint density at radius 3 is 2.79 bits per heavy atom. The number of anilines is 2. The molecule has 0 amide bonds. The Morgan fingerprint density at radius 2 is 2.00 bits per heavy atom. The Balaban J connectivity index is 0.000000932. The van der Waals surface area contributed by atoms with E-state index in [2.05, 4.69) is 64.8 Å². The van der Waals surface area contributed by atoms with Crippen molar-refractivity contribution < 1.29 is 0 Å². The van der Waals surface area contributed by atoms with Crippen molar-refractivity contribution in [2.24, 2.45) is 0 Å². The number of rotatable bonds is 3. The molecule has 2 N–H and O–H groups in total. The third kappa shape index (κ3) is 3.52. The second kappa shape index (κ2) is 7.78. The van der Waals surface area contributed by atoms with Gasteiger partial charge >= 0.3 is 0 Å². The molecule has 1 aromatic carbocycles. The molecule has 1 unspecified atom stereocenters. The van der Waals surface area contributed by atoms with E-state index < -0.39 is 0 Å². The van der Waals surface area contributed by atoms with Gasteiger partial charge in [0.1, 0.15) is 4.83 Å². The highest BCUT2D eigenvalue weighted by atomic mass is 32.1. The van der Waals surface area contributed by atoms with E-state index in [1.165, 1.54) is 21.4 Å². The van der Waals surface area contributed by atoms with Crippen LogP contribution in [0, 0.1) is 0 Å². The van der Waals surface area contributed by atoms with Crippen LogP contribution in [0.25, 0.3) is 20.4 Å². The lowest BCUT2D eigenvalue weighted by molar-refractivity contribution is 0.415. The number of benzene rings is 1. The third-order valence-electron chi connectivity index (χ3n) is 5.29. The molecule has 1 aliphatic heterocycles. The molecule has 0 aliphatic carbocycles. The lowest BCUT2D eigenvalue weighted by atomic mass is 9.88. The molecule has 5 rings (SSSR count). The van der Waals surface area contributed by atoms with Crippen LogP contribution < -0.4 is 10.6 Å². The summed E-state index contributed by atoms with van der Waals surface area (Å²) in [6.45, 7) is 9.67. The monoisotopic (exact) mass is 410 g/mol. The van der Waals surface area contributed by atoms with Crippen molar-refractivity contribution in [3.63, 3.8) is 0 Å². The van der Waals surface area contributed by atoms with Gasteiger partial charge in [-0.15, -0.1) is 22.7 Å². The number of hydrogen-bond acceptors (Lipinski definition) is 6. The maximum absolute atomic E-state index is 4.61. The summed E-state index contributed by atoms with van der Waals surface area (Å²) in [6.07, 6.45) is 3.08. The summed E-state index contributed by atoms with van der Waals surface area (Å²) in [5.41, 5.74) is 5.24. The van der Waals surface area contributed by atoms with E-state index in [1.807, 2.05) is 36.9 Å². The first-order chi connectivity index (χ1) is 13.6. The first-order valence-corrected chi connectivity index (χ1v) is 11.5. The van der Waals surface area contributed by atoms with Gasteiger partial charge in [0.15, 0.2) is 0 Å². The predicted octanol–water partition coefficient (Wildman–Crippen LogP) is 6.53. The number of aromatic nitrogens is 2. The van der Waals surface area contributed by atoms with E-state index in [1.54, 1.807) is 11.3 Å². The summed E-state index contributed by atoms with van der Waals surface area (Å²) in [5.74, 6) is 0.543. The molecule has 3 aromatic heterocycles. The predicted molar refractivity (Wildman–Crippen MR) is 123 cm³/mol. The number of nitrogens with zero attached hydrogens (tertiary/aromatic N) is 2. The number of nitrogens with one attached hydrogen (secondary N) is 2. The Morgan fingerprint density at radius 1 is 1.14 bits per heavy atom. The van der Waals surface area contributed by atoms with Gasteiger partial charge in [-0.1, -0.05) is 13.8 Å². The minimum Gasteiger partial charge on any atom is -0.355 e. The molecular formula is C22H26N4S2. The summed E-state index contributed by atoms with van der Waals surface area (Å²) in [5, 5.41) is 8.39. The van der Waals surface area contributed by atoms with Gasteiger partial charge in [0, 0.05) is 33.6 Å². The molecule has 4 aromatic rings. The molecule has 0 spiro atoms. The second-order valence-corrected chi connectivity index (χ2v) is 9.32. The highest BCUT2D eigenvalue weighted by Crippen LogP contribution is 2.42. The number of hydrogen-bond donors (Lipinski definition) is 2. The molecular weight excluding hydrogens is 384 g/mol. The molecule has 28 heavy (non-hydrogen) atoms. The zero-order valence-electron chi connectivity index (χ0n) is 16.7. The largest absolute Gasteiger partial charge is 0.355 e. The summed E-state index contributed by atoms with van der Waals surface area (Å²) in [4.78, 5) is 11.6. The van der Waals surface area contributed by atoms with Crippen molar-refractivity contribution in [3.8, 4) is 0 Å². The lowest BCUT2D eigenvalue weighted by Crippen LogP contribution is -2.36. The van der Waals surface area contributed by atoms with Crippen LogP contribution >= 0.6 is 22.7 Å². The van der Waals surface area contributed by atoms with Crippen LogP contribution in [0.2, 0.25) is 0 Å². The summed E-state index contributed by atoms with van der Waals surface area (Å²) in [6, 6.07) is 10.7. The van der Waals surface area contributed by atoms with Gasteiger partial charge in [-0.2, -0.15) is 0 Å². The van der Waals surface area contributed by atoms with Crippen LogP contribution in [0.5, 0.6) is 0 Å². The van der Waals surface area contributed by atoms with Gasteiger partial charge < -0.3 is 10.6 Å². The Bertz CT molecular complexity index is 1100. The molecule has 4 heterocycles. The summed E-state index contributed by atoms with van der Waals surface area (Å²) < 4.78 is 1.21. The van der Waals surface area contributed by atoms with Crippen molar-refractivity contribution in [1.82, 2.24) is 15.3 Å². The smallest absolute Gasteiger partial charge is 0.125 e. The van der Waals surface area contributed by atoms with Gasteiger partial charge in [0.25, 0.3) is 0 Å². The molecule has 0 bridgehead atoms. The van der Waals surface area contributed by atoms with E-state index in [0.717, 1.165) is 28.3 Å². The van der Waals surface area contributed by atoms with E-state index in [-0.39, 0.29) is 5.54 Å². The Labute approximate surface area is 174 Å². The molecule has 146 valence electrons. The Kier molecular flexibility index (Phi) is 5.36. The fraction of sp³-hybridized carbons (Fsp3) is 0.364. The van der Waals surface area contributed by atoms with Crippen LogP contribution in [0.1, 0.15) is 44.9 Å². The molecule has 1 atom stereocenters. The second-order valence-electron chi connectivity index (χ2n) is 7.38. The van der Waals surface area contributed by atoms with E-state index in [4.69, 9.17) is 0 Å². The van der Waals surface area contributed by atoms with Gasteiger partial charge in [-0.05, 0) is 57.1 Å². The molecule has 1 saturated heterocycles. The van der Waals surface area contributed by atoms with Crippen molar-refractivity contribution >= 4 is 54.5 Å². The quantitative estimate of drug-likeness (QED) is 0.403. The highest BCUT2D eigenvalue weighted by molar-refractivity contribution is 7.18. The SMILES string of the molecule is CC.CC1(C)NCCC1c1cc2c(Nc3ccc4scnc4c3)ccnc2s1. The van der Waals surface area contributed by atoms with Crippen molar-refractivity contribution in [2.45, 2.75) is 45.6 Å².